The summed E-state index contributed by atoms with van der Waals surface area (Å²) in [4.78, 5) is 11.9. The fourth-order valence-corrected chi connectivity index (χ4v) is 2.54. The second kappa shape index (κ2) is 9.01. The van der Waals surface area contributed by atoms with Crippen molar-refractivity contribution in [1.29, 1.82) is 0 Å². The van der Waals surface area contributed by atoms with E-state index in [4.69, 9.17) is 4.74 Å². The lowest BCUT2D eigenvalue weighted by Gasteiger charge is -2.27. The Labute approximate surface area is 139 Å². The fourth-order valence-electron chi connectivity index (χ4n) is 2.54. The molecule has 1 unspecified atom stereocenters. The quantitative estimate of drug-likeness (QED) is 0.810. The number of carbonyl (C=O) groups excluding carboxylic acids is 1. The molecule has 2 rings (SSSR count). The van der Waals surface area contributed by atoms with Gasteiger partial charge in [0.2, 0.25) is 5.91 Å². The second-order valence-corrected chi connectivity index (χ2v) is 6.35. The molecule has 22 heavy (non-hydrogen) atoms. The second-order valence-electron chi connectivity index (χ2n) is 6.35. The number of hydrogen-bond donors (Lipinski definition) is 2. The summed E-state index contributed by atoms with van der Waals surface area (Å²) in [5, 5.41) is 6.31. The van der Waals surface area contributed by atoms with Crippen LogP contribution in [0.1, 0.15) is 33.1 Å². The van der Waals surface area contributed by atoms with E-state index in [-0.39, 0.29) is 18.3 Å². The van der Waals surface area contributed by atoms with Gasteiger partial charge in [0.25, 0.3) is 0 Å². The zero-order valence-electron chi connectivity index (χ0n) is 13.4. The standard InChI is InChI=1S/C17H26N2O2.ClH/c1-17(2,21-15-6-4-3-5-7-15)13-19-16(20)9-8-14-10-11-18-12-14;/h3-7,14,18H,8-13H2,1-2H3,(H,19,20);1H. The molecule has 0 aliphatic carbocycles. The first-order chi connectivity index (χ1) is 10.1. The SMILES string of the molecule is CC(C)(CNC(=O)CCC1CCNC1)Oc1ccccc1.Cl. The van der Waals surface area contributed by atoms with E-state index in [9.17, 15) is 4.79 Å². The van der Waals surface area contributed by atoms with Gasteiger partial charge in [0.1, 0.15) is 11.4 Å². The fraction of sp³-hybridized carbons (Fsp3) is 0.588. The van der Waals surface area contributed by atoms with Crippen molar-refractivity contribution in [2.45, 2.75) is 38.7 Å². The van der Waals surface area contributed by atoms with Crippen molar-refractivity contribution in [2.24, 2.45) is 5.92 Å². The Hall–Kier alpha value is -1.26. The molecule has 1 aromatic carbocycles. The van der Waals surface area contributed by atoms with E-state index in [1.54, 1.807) is 0 Å². The molecule has 0 spiro atoms. The van der Waals surface area contributed by atoms with Gasteiger partial charge in [0, 0.05) is 6.42 Å². The van der Waals surface area contributed by atoms with Crippen LogP contribution in [0.4, 0.5) is 0 Å². The maximum absolute atomic E-state index is 11.9. The topological polar surface area (TPSA) is 50.4 Å². The van der Waals surface area contributed by atoms with Crippen molar-refractivity contribution < 1.29 is 9.53 Å². The van der Waals surface area contributed by atoms with E-state index in [2.05, 4.69) is 10.6 Å². The van der Waals surface area contributed by atoms with E-state index in [1.165, 1.54) is 6.42 Å². The third-order valence-corrected chi connectivity index (χ3v) is 3.79. The summed E-state index contributed by atoms with van der Waals surface area (Å²) in [6.07, 6.45) is 2.77. The normalized spacial score (nSPS) is 17.6. The highest BCUT2D eigenvalue weighted by atomic mass is 35.5. The van der Waals surface area contributed by atoms with Crippen molar-refractivity contribution in [3.63, 3.8) is 0 Å². The van der Waals surface area contributed by atoms with Gasteiger partial charge in [-0.3, -0.25) is 4.79 Å². The summed E-state index contributed by atoms with van der Waals surface area (Å²) < 4.78 is 5.91. The molecule has 1 fully saturated rings. The zero-order valence-corrected chi connectivity index (χ0v) is 14.2. The van der Waals surface area contributed by atoms with Crippen LogP contribution in [0.15, 0.2) is 30.3 Å². The molecule has 2 N–H and O–H groups in total. The highest BCUT2D eigenvalue weighted by Gasteiger charge is 2.21. The highest BCUT2D eigenvalue weighted by Crippen LogP contribution is 2.17. The van der Waals surface area contributed by atoms with Gasteiger partial charge in [-0.1, -0.05) is 18.2 Å². The average molecular weight is 327 g/mol. The van der Waals surface area contributed by atoms with E-state index in [0.717, 1.165) is 25.3 Å². The van der Waals surface area contributed by atoms with E-state index >= 15 is 0 Å². The van der Waals surface area contributed by atoms with Gasteiger partial charge in [-0.2, -0.15) is 0 Å². The molecule has 0 bridgehead atoms. The molecule has 0 radical (unpaired) electrons. The third-order valence-electron chi connectivity index (χ3n) is 3.79. The first kappa shape index (κ1) is 18.8. The highest BCUT2D eigenvalue weighted by molar-refractivity contribution is 5.85. The number of rotatable bonds is 7. The summed E-state index contributed by atoms with van der Waals surface area (Å²) >= 11 is 0. The van der Waals surface area contributed by atoms with Crippen molar-refractivity contribution in [1.82, 2.24) is 10.6 Å². The summed E-state index contributed by atoms with van der Waals surface area (Å²) in [6.45, 7) is 6.63. The third kappa shape index (κ3) is 6.67. The van der Waals surface area contributed by atoms with Gasteiger partial charge >= 0.3 is 0 Å². The van der Waals surface area contributed by atoms with Crippen LogP contribution >= 0.6 is 12.4 Å². The van der Waals surface area contributed by atoms with E-state index in [1.807, 2.05) is 44.2 Å². The molecule has 124 valence electrons. The zero-order chi connectivity index (χ0) is 15.1. The largest absolute Gasteiger partial charge is 0.486 e. The van der Waals surface area contributed by atoms with Crippen LogP contribution in [0.25, 0.3) is 0 Å². The Morgan fingerprint density at radius 3 is 2.73 bits per heavy atom. The van der Waals surface area contributed by atoms with Crippen LogP contribution < -0.4 is 15.4 Å². The van der Waals surface area contributed by atoms with Crippen LogP contribution in [-0.4, -0.2) is 31.1 Å². The number of halogens is 1. The average Bonchev–Trinajstić information content (AvgIpc) is 2.97. The maximum atomic E-state index is 11.9. The van der Waals surface area contributed by atoms with Gasteiger partial charge in [-0.05, 0) is 57.8 Å². The molecule has 1 amide bonds. The Morgan fingerprint density at radius 2 is 2.09 bits per heavy atom. The van der Waals surface area contributed by atoms with Gasteiger partial charge in [0.05, 0.1) is 6.54 Å². The van der Waals surface area contributed by atoms with Crippen LogP contribution in [0.2, 0.25) is 0 Å². The lowest BCUT2D eigenvalue weighted by Crippen LogP contribution is -2.42. The molecule has 4 nitrogen and oxygen atoms in total. The molecule has 1 atom stereocenters. The number of nitrogens with one attached hydrogen (secondary N) is 2. The Morgan fingerprint density at radius 1 is 1.36 bits per heavy atom. The molecule has 1 saturated heterocycles. The maximum Gasteiger partial charge on any atom is 0.220 e. The number of amides is 1. The molecule has 1 aliphatic rings. The van der Waals surface area contributed by atoms with Gasteiger partial charge in [-0.15, -0.1) is 12.4 Å². The molecule has 1 aliphatic heterocycles. The number of ether oxygens (including phenoxy) is 1. The number of carbonyl (C=O) groups is 1. The minimum Gasteiger partial charge on any atom is -0.486 e. The molecule has 1 aromatic rings. The summed E-state index contributed by atoms with van der Waals surface area (Å²) in [6, 6.07) is 9.70. The molecule has 5 heteroatoms. The van der Waals surface area contributed by atoms with Crippen molar-refractivity contribution in [3.8, 4) is 5.75 Å². The van der Waals surface area contributed by atoms with Crippen LogP contribution in [0, 0.1) is 5.92 Å². The minimum absolute atomic E-state index is 0. The monoisotopic (exact) mass is 326 g/mol. The molecule has 0 aromatic heterocycles. The predicted molar refractivity (Wildman–Crippen MR) is 91.6 cm³/mol. The summed E-state index contributed by atoms with van der Waals surface area (Å²) in [7, 11) is 0. The van der Waals surface area contributed by atoms with Crippen LogP contribution in [0.3, 0.4) is 0 Å². The number of benzene rings is 1. The lowest BCUT2D eigenvalue weighted by molar-refractivity contribution is -0.122. The van der Waals surface area contributed by atoms with E-state index < -0.39 is 5.60 Å². The lowest BCUT2D eigenvalue weighted by atomic mass is 10.0. The summed E-state index contributed by atoms with van der Waals surface area (Å²) in [5.74, 6) is 1.60. The first-order valence-electron chi connectivity index (χ1n) is 7.77. The van der Waals surface area contributed by atoms with Crippen molar-refractivity contribution in [2.75, 3.05) is 19.6 Å². The summed E-state index contributed by atoms with van der Waals surface area (Å²) in [5.41, 5.74) is -0.411. The van der Waals surface area contributed by atoms with Crippen molar-refractivity contribution in [3.05, 3.63) is 30.3 Å². The number of hydrogen-bond acceptors (Lipinski definition) is 3. The Balaban J connectivity index is 0.00000242. The van der Waals surface area contributed by atoms with Crippen LogP contribution in [-0.2, 0) is 4.79 Å². The number of para-hydroxylation sites is 1. The first-order valence-corrected chi connectivity index (χ1v) is 7.77. The molecule has 0 saturated carbocycles. The smallest absolute Gasteiger partial charge is 0.220 e. The molecular weight excluding hydrogens is 300 g/mol. The van der Waals surface area contributed by atoms with Gasteiger partial charge in [-0.25, -0.2) is 0 Å². The van der Waals surface area contributed by atoms with Gasteiger partial charge < -0.3 is 15.4 Å². The molecular formula is C17H27ClN2O2. The van der Waals surface area contributed by atoms with E-state index in [0.29, 0.717) is 18.9 Å². The predicted octanol–water partition coefficient (Wildman–Crippen LogP) is 2.77. The van der Waals surface area contributed by atoms with Crippen molar-refractivity contribution >= 4 is 18.3 Å². The molecule has 1 heterocycles. The minimum atomic E-state index is -0.411. The van der Waals surface area contributed by atoms with Gasteiger partial charge in [0.15, 0.2) is 0 Å². The Bertz CT molecular complexity index is 445. The van der Waals surface area contributed by atoms with Crippen LogP contribution in [0.5, 0.6) is 5.75 Å². The Kier molecular flexibility index (Phi) is 7.69.